The molecule has 0 fully saturated rings. The Kier molecular flexibility index (Phi) is 6.03. The molecule has 3 N–H and O–H groups in total. The average Bonchev–Trinajstić information content (AvgIpc) is 2.67. The summed E-state index contributed by atoms with van der Waals surface area (Å²) >= 11 is 0. The van der Waals surface area contributed by atoms with Crippen molar-refractivity contribution in [3.05, 3.63) is 39.4 Å². The highest BCUT2D eigenvalue weighted by Crippen LogP contribution is 2.35. The summed E-state index contributed by atoms with van der Waals surface area (Å²) in [6, 6.07) is 2.48. The number of pyridine rings is 1. The van der Waals surface area contributed by atoms with Crippen molar-refractivity contribution in [2.75, 3.05) is 26.2 Å². The van der Waals surface area contributed by atoms with Crippen molar-refractivity contribution in [2.24, 2.45) is 0 Å². The van der Waals surface area contributed by atoms with Crippen LogP contribution in [0.5, 0.6) is 5.75 Å². The summed E-state index contributed by atoms with van der Waals surface area (Å²) in [6.45, 7) is 9.52. The molecule has 6 nitrogen and oxygen atoms in total. The number of hydrogen-bond donors (Lipinski definition) is 3. The first-order valence-electron chi connectivity index (χ1n) is 10.1. The van der Waals surface area contributed by atoms with Crippen molar-refractivity contribution in [2.45, 2.75) is 46.1 Å². The molecule has 2 heterocycles. The van der Waals surface area contributed by atoms with Crippen LogP contribution in [-0.2, 0) is 6.42 Å². The van der Waals surface area contributed by atoms with Crippen molar-refractivity contribution in [3.8, 4) is 5.75 Å². The van der Waals surface area contributed by atoms with Gasteiger partial charge in [-0.1, -0.05) is 0 Å². The topological polar surface area (TPSA) is 75.8 Å². The van der Waals surface area contributed by atoms with Crippen molar-refractivity contribution >= 4 is 16.8 Å². The number of aromatic nitrogens is 1. The third-order valence-electron chi connectivity index (χ3n) is 5.81. The summed E-state index contributed by atoms with van der Waals surface area (Å²) in [5.74, 6) is -1.52. The molecule has 0 spiro atoms. The summed E-state index contributed by atoms with van der Waals surface area (Å²) in [4.78, 5) is 27.2. The van der Waals surface area contributed by atoms with Gasteiger partial charge in [-0.3, -0.25) is 9.59 Å². The molecule has 0 saturated carbocycles. The number of nitrogens with one attached hydrogen (secondary N) is 2. The second-order valence-corrected chi connectivity index (χ2v) is 7.56. The summed E-state index contributed by atoms with van der Waals surface area (Å²) in [5, 5.41) is 13.6. The van der Waals surface area contributed by atoms with Crippen LogP contribution in [0.15, 0.2) is 16.9 Å². The Hall–Kier alpha value is -2.41. The van der Waals surface area contributed by atoms with Gasteiger partial charge in [-0.15, -0.1) is 0 Å². The minimum Gasteiger partial charge on any atom is -0.506 e. The molecule has 152 valence electrons. The van der Waals surface area contributed by atoms with Gasteiger partial charge < -0.3 is 19.9 Å². The minimum atomic E-state index is -0.605. The molecule has 1 aliphatic heterocycles. The number of carbonyl (C=O) groups is 1. The van der Waals surface area contributed by atoms with Crippen molar-refractivity contribution < 1.29 is 19.2 Å². The van der Waals surface area contributed by atoms with Crippen LogP contribution in [0, 0.1) is 5.82 Å². The third kappa shape index (κ3) is 3.63. The Labute approximate surface area is 164 Å². The van der Waals surface area contributed by atoms with E-state index in [1.54, 1.807) is 0 Å². The quantitative estimate of drug-likeness (QED) is 0.626. The molecule has 0 radical (unpaired) electrons. The van der Waals surface area contributed by atoms with E-state index >= 15 is 0 Å². The van der Waals surface area contributed by atoms with Crippen LogP contribution in [0.25, 0.3) is 10.9 Å². The van der Waals surface area contributed by atoms with Crippen molar-refractivity contribution in [3.63, 3.8) is 0 Å². The van der Waals surface area contributed by atoms with E-state index in [-0.39, 0.29) is 17.0 Å². The summed E-state index contributed by atoms with van der Waals surface area (Å²) in [6.07, 6.45) is 2.10. The smallest absolute Gasteiger partial charge is 0.267 e. The molecule has 0 bridgehead atoms. The molecule has 1 amide bonds. The highest BCUT2D eigenvalue weighted by atomic mass is 19.1. The molecule has 0 unspecified atom stereocenters. The molecule has 1 aliphatic rings. The number of hydrogen-bond acceptors (Lipinski definition) is 3. The van der Waals surface area contributed by atoms with Gasteiger partial charge in [0.2, 0.25) is 0 Å². The third-order valence-corrected chi connectivity index (χ3v) is 5.81. The first-order valence-corrected chi connectivity index (χ1v) is 10.1. The standard InChI is InChI=1S/C21H28FN3O3/c1-4-24(5-2)10-6-9-23-20(27)17-19(26)16-12-15(22)11-14-8-7-13(3)25(18(14)16)21(17)28/h11-13,26H,4-10H2,1-3H3,(H,23,27)/p+1/t13-/m0/s1. The van der Waals surface area contributed by atoms with Crippen LogP contribution in [0.1, 0.15) is 55.6 Å². The first kappa shape index (κ1) is 20.3. The maximum atomic E-state index is 14.0. The first-order chi connectivity index (χ1) is 13.4. The van der Waals surface area contributed by atoms with E-state index in [1.807, 2.05) is 6.92 Å². The maximum Gasteiger partial charge on any atom is 0.267 e. The van der Waals surface area contributed by atoms with Crippen molar-refractivity contribution in [1.82, 2.24) is 9.88 Å². The van der Waals surface area contributed by atoms with E-state index in [4.69, 9.17) is 0 Å². The second kappa shape index (κ2) is 8.31. The van der Waals surface area contributed by atoms with Crippen LogP contribution >= 0.6 is 0 Å². The number of nitrogens with zero attached hydrogens (tertiary/aromatic N) is 1. The molecule has 2 aromatic rings. The van der Waals surface area contributed by atoms with Gasteiger partial charge >= 0.3 is 0 Å². The maximum absolute atomic E-state index is 14.0. The predicted octanol–water partition coefficient (Wildman–Crippen LogP) is 1.40. The average molecular weight is 390 g/mol. The van der Waals surface area contributed by atoms with Gasteiger partial charge in [0.1, 0.15) is 17.1 Å². The van der Waals surface area contributed by atoms with E-state index < -0.39 is 23.0 Å². The number of benzene rings is 1. The lowest BCUT2D eigenvalue weighted by molar-refractivity contribution is -0.896. The number of carbonyl (C=O) groups excluding carboxylic acids is 1. The zero-order chi connectivity index (χ0) is 20.4. The lowest BCUT2D eigenvalue weighted by Crippen LogP contribution is -3.11. The fourth-order valence-electron chi connectivity index (χ4n) is 4.12. The normalized spacial score (nSPS) is 16.0. The lowest BCUT2D eigenvalue weighted by atomic mass is 9.95. The number of halogens is 1. The van der Waals surface area contributed by atoms with Crippen LogP contribution in [0.3, 0.4) is 0 Å². The van der Waals surface area contributed by atoms with E-state index in [2.05, 4.69) is 19.2 Å². The highest BCUT2D eigenvalue weighted by molar-refractivity contribution is 6.03. The van der Waals surface area contributed by atoms with Gasteiger partial charge in [-0.2, -0.15) is 0 Å². The Morgan fingerprint density at radius 3 is 2.75 bits per heavy atom. The molecular weight excluding hydrogens is 361 g/mol. The van der Waals surface area contributed by atoms with Gasteiger partial charge in [0.15, 0.2) is 0 Å². The molecule has 3 rings (SSSR count). The summed E-state index contributed by atoms with van der Waals surface area (Å²) in [7, 11) is 0. The van der Waals surface area contributed by atoms with E-state index in [0.717, 1.165) is 26.1 Å². The number of aryl methyl sites for hydroxylation is 1. The SMILES string of the molecule is CC[NH+](CC)CCCNC(=O)c1c(O)c2cc(F)cc3c2n(c1=O)[C@@H](C)CC3. The molecule has 0 saturated heterocycles. The van der Waals surface area contributed by atoms with Gasteiger partial charge in [0.25, 0.3) is 11.5 Å². The predicted molar refractivity (Wildman–Crippen MR) is 107 cm³/mol. The van der Waals surface area contributed by atoms with Gasteiger partial charge in [0.05, 0.1) is 25.2 Å². The highest BCUT2D eigenvalue weighted by Gasteiger charge is 2.28. The number of aromatic hydroxyl groups is 1. The summed E-state index contributed by atoms with van der Waals surface area (Å²) in [5.41, 5.74) is 0.406. The minimum absolute atomic E-state index is 0.119. The number of rotatable bonds is 7. The molecule has 1 aromatic carbocycles. The monoisotopic (exact) mass is 390 g/mol. The molecule has 28 heavy (non-hydrogen) atoms. The lowest BCUT2D eigenvalue weighted by Gasteiger charge is -2.26. The largest absolute Gasteiger partial charge is 0.506 e. The summed E-state index contributed by atoms with van der Waals surface area (Å²) < 4.78 is 15.6. The molecular formula is C21H29FN3O3+. The zero-order valence-corrected chi connectivity index (χ0v) is 16.8. The fraction of sp³-hybridized carbons (Fsp3) is 0.524. The van der Waals surface area contributed by atoms with Gasteiger partial charge in [0, 0.05) is 24.4 Å². The molecule has 1 aromatic heterocycles. The molecule has 1 atom stereocenters. The number of amides is 1. The van der Waals surface area contributed by atoms with Crippen LogP contribution in [0.2, 0.25) is 0 Å². The Morgan fingerprint density at radius 2 is 2.07 bits per heavy atom. The Morgan fingerprint density at radius 1 is 1.36 bits per heavy atom. The fourth-order valence-corrected chi connectivity index (χ4v) is 4.12. The van der Waals surface area contributed by atoms with Crippen molar-refractivity contribution in [1.29, 1.82) is 0 Å². The second-order valence-electron chi connectivity index (χ2n) is 7.56. The van der Waals surface area contributed by atoms with Gasteiger partial charge in [-0.05, 0) is 51.3 Å². The van der Waals surface area contributed by atoms with E-state index in [0.29, 0.717) is 30.5 Å². The molecule has 0 aliphatic carbocycles. The van der Waals surface area contributed by atoms with Crippen LogP contribution in [-0.4, -0.2) is 41.8 Å². The zero-order valence-electron chi connectivity index (χ0n) is 16.8. The Bertz CT molecular complexity index is 950. The Balaban J connectivity index is 1.94. The number of quaternary nitrogens is 1. The van der Waals surface area contributed by atoms with Crippen LogP contribution < -0.4 is 15.8 Å². The van der Waals surface area contributed by atoms with E-state index in [9.17, 15) is 19.1 Å². The van der Waals surface area contributed by atoms with Gasteiger partial charge in [-0.25, -0.2) is 4.39 Å². The molecule has 7 heteroatoms. The van der Waals surface area contributed by atoms with E-state index in [1.165, 1.54) is 21.6 Å². The van der Waals surface area contributed by atoms with Crippen LogP contribution in [0.4, 0.5) is 4.39 Å².